The number of pyridine rings is 1. The van der Waals surface area contributed by atoms with E-state index < -0.39 is 0 Å². The first-order valence-corrected chi connectivity index (χ1v) is 8.73. The zero-order valence-electron chi connectivity index (χ0n) is 13.5. The van der Waals surface area contributed by atoms with Crippen molar-refractivity contribution in [2.45, 2.75) is 40.5 Å². The molecule has 2 aromatic rings. The average molecular weight is 340 g/mol. The third-order valence-electron chi connectivity index (χ3n) is 2.80. The molecule has 0 fully saturated rings. The lowest BCUT2D eigenvalue weighted by molar-refractivity contribution is -0.118. The monoisotopic (exact) mass is 339 g/mol. The van der Waals surface area contributed by atoms with Gasteiger partial charge in [-0.05, 0) is 25.5 Å². The van der Waals surface area contributed by atoms with Crippen LogP contribution in [0.25, 0.3) is 10.6 Å². The van der Waals surface area contributed by atoms with Gasteiger partial charge in [0.1, 0.15) is 10.0 Å². The predicted octanol–water partition coefficient (Wildman–Crippen LogP) is 5.04. The highest BCUT2D eigenvalue weighted by atomic mass is 35.5. The fourth-order valence-corrected chi connectivity index (χ4v) is 3.24. The minimum Gasteiger partial charge on any atom is -0.301 e. The molecule has 2 rings (SSSR count). The smallest absolute Gasteiger partial charge is 0.227 e. The van der Waals surface area contributed by atoms with E-state index in [1.54, 1.807) is 17.3 Å². The summed E-state index contributed by atoms with van der Waals surface area (Å²) in [4.78, 5) is 22.2. The molecule has 0 atom stereocenters. The summed E-state index contributed by atoms with van der Waals surface area (Å²) in [6.07, 6.45) is 4.79. The van der Waals surface area contributed by atoms with E-state index in [4.69, 9.17) is 11.6 Å². The van der Waals surface area contributed by atoms with Crippen LogP contribution in [0.2, 0.25) is 5.15 Å². The fraction of sp³-hybridized carbons (Fsp3) is 0.438. The fourth-order valence-electron chi connectivity index (χ4n) is 1.85. The molecule has 22 heavy (non-hydrogen) atoms. The predicted molar refractivity (Wildman–Crippen MR) is 94.6 cm³/mol. The van der Waals surface area contributed by atoms with Crippen molar-refractivity contribution in [2.24, 2.45) is 0 Å². The maximum atomic E-state index is 12.1. The summed E-state index contributed by atoms with van der Waals surface area (Å²) >= 11 is 7.62. The van der Waals surface area contributed by atoms with Crippen molar-refractivity contribution in [3.8, 4) is 10.6 Å². The van der Waals surface area contributed by atoms with E-state index in [2.05, 4.69) is 9.97 Å². The van der Waals surface area contributed by atoms with Crippen LogP contribution in [-0.4, -0.2) is 22.4 Å². The Morgan fingerprint density at radius 1 is 1.36 bits per heavy atom. The number of thiazole rings is 1. The first-order valence-electron chi connectivity index (χ1n) is 7.54. The van der Waals surface area contributed by atoms with Gasteiger partial charge in [0.25, 0.3) is 0 Å². The van der Waals surface area contributed by atoms with Gasteiger partial charge in [-0.2, -0.15) is 0 Å². The Labute approximate surface area is 141 Å². The molecule has 0 radical (unpaired) electrons. The number of hydrogen-bond donors (Lipinski definition) is 0. The number of amides is 1. The third-order valence-corrected chi connectivity index (χ3v) is 4.31. The molecule has 0 spiro atoms. The Hall–Kier alpha value is -1.46. The number of hydrogen-bond acceptors (Lipinski definition) is 4. The van der Waals surface area contributed by atoms with E-state index in [1.165, 1.54) is 11.3 Å². The van der Waals surface area contributed by atoms with Crippen LogP contribution in [-0.2, 0) is 4.79 Å². The number of rotatable bonds is 5. The zero-order valence-corrected chi connectivity index (χ0v) is 15.0. The van der Waals surface area contributed by atoms with Gasteiger partial charge in [-0.25, -0.2) is 4.98 Å². The number of carbonyl (C=O) groups excluding carboxylic acids is 1. The van der Waals surface area contributed by atoms with Crippen LogP contribution in [0.1, 0.15) is 40.5 Å². The van der Waals surface area contributed by atoms with Crippen LogP contribution in [0, 0.1) is 0 Å². The summed E-state index contributed by atoms with van der Waals surface area (Å²) in [5, 5.41) is 1.87. The number of carbonyl (C=O) groups is 1. The average Bonchev–Trinajstić information content (AvgIpc) is 2.93. The summed E-state index contributed by atoms with van der Waals surface area (Å²) in [6.45, 7) is 8.52. The van der Waals surface area contributed by atoms with Gasteiger partial charge in [-0.15, -0.1) is 0 Å². The van der Waals surface area contributed by atoms with Crippen LogP contribution in [0.5, 0.6) is 0 Å². The number of nitrogens with zero attached hydrogens (tertiary/aromatic N) is 3. The van der Waals surface area contributed by atoms with E-state index in [0.717, 1.165) is 17.0 Å². The molecule has 120 valence electrons. The molecule has 0 unspecified atom stereocenters. The van der Waals surface area contributed by atoms with Crippen LogP contribution >= 0.6 is 22.9 Å². The molecular weight excluding hydrogens is 318 g/mol. The van der Waals surface area contributed by atoms with Crippen molar-refractivity contribution >= 4 is 33.8 Å². The molecule has 0 aliphatic heterocycles. The lowest BCUT2D eigenvalue weighted by atomic mass is 10.3. The van der Waals surface area contributed by atoms with E-state index in [0.29, 0.717) is 23.1 Å². The Kier molecular flexibility index (Phi) is 8.06. The summed E-state index contributed by atoms with van der Waals surface area (Å²) in [6, 6.07) is 3.78. The molecule has 4 nitrogen and oxygen atoms in total. The first-order chi connectivity index (χ1) is 10.7. The Bertz CT molecular complexity index is 586. The van der Waals surface area contributed by atoms with Crippen molar-refractivity contribution in [1.82, 2.24) is 9.97 Å². The molecule has 6 heteroatoms. The van der Waals surface area contributed by atoms with Crippen molar-refractivity contribution < 1.29 is 4.79 Å². The largest absolute Gasteiger partial charge is 0.301 e. The SMILES string of the molecule is CC.CCCC(=O)N(CC)c1sc(-c2cccnc2)nc1Cl. The molecule has 2 aromatic heterocycles. The zero-order chi connectivity index (χ0) is 16.5. The van der Waals surface area contributed by atoms with Gasteiger partial charge in [-0.1, -0.05) is 43.7 Å². The van der Waals surface area contributed by atoms with E-state index in [1.807, 2.05) is 39.8 Å². The molecule has 0 aromatic carbocycles. The van der Waals surface area contributed by atoms with E-state index >= 15 is 0 Å². The maximum absolute atomic E-state index is 12.1. The number of aromatic nitrogens is 2. The topological polar surface area (TPSA) is 46.1 Å². The van der Waals surface area contributed by atoms with Crippen molar-refractivity contribution in [3.63, 3.8) is 0 Å². The standard InChI is InChI=1S/C14H16ClN3OS.C2H6/c1-3-6-11(19)18(4-2)14-12(15)17-13(20-14)10-7-5-8-16-9-10;1-2/h5,7-9H,3-4,6H2,1-2H3;1-2H3. The summed E-state index contributed by atoms with van der Waals surface area (Å²) in [5.41, 5.74) is 0.907. The second kappa shape index (κ2) is 9.54. The van der Waals surface area contributed by atoms with Crippen LogP contribution < -0.4 is 4.90 Å². The second-order valence-corrected chi connectivity index (χ2v) is 5.58. The Balaban J connectivity index is 0.00000116. The normalized spacial score (nSPS) is 9.86. The Morgan fingerprint density at radius 2 is 2.09 bits per heavy atom. The van der Waals surface area contributed by atoms with Gasteiger partial charge in [0.15, 0.2) is 5.15 Å². The van der Waals surface area contributed by atoms with Gasteiger partial charge >= 0.3 is 0 Å². The van der Waals surface area contributed by atoms with Crippen molar-refractivity contribution in [1.29, 1.82) is 0 Å². The molecule has 0 saturated heterocycles. The van der Waals surface area contributed by atoms with Gasteiger partial charge in [0, 0.05) is 30.9 Å². The lowest BCUT2D eigenvalue weighted by Gasteiger charge is -2.18. The van der Waals surface area contributed by atoms with Crippen LogP contribution in [0.15, 0.2) is 24.5 Å². The first kappa shape index (κ1) is 18.6. The molecule has 0 bridgehead atoms. The van der Waals surface area contributed by atoms with Crippen LogP contribution in [0.4, 0.5) is 5.00 Å². The maximum Gasteiger partial charge on any atom is 0.227 e. The van der Waals surface area contributed by atoms with E-state index in [-0.39, 0.29) is 5.91 Å². The van der Waals surface area contributed by atoms with Gasteiger partial charge in [0.2, 0.25) is 5.91 Å². The van der Waals surface area contributed by atoms with Gasteiger partial charge in [0.05, 0.1) is 0 Å². The minimum absolute atomic E-state index is 0.0817. The molecule has 0 saturated carbocycles. The summed E-state index contributed by atoms with van der Waals surface area (Å²) in [7, 11) is 0. The second-order valence-electron chi connectivity index (χ2n) is 4.24. The Morgan fingerprint density at radius 3 is 2.64 bits per heavy atom. The third kappa shape index (κ3) is 4.52. The molecule has 0 N–H and O–H groups in total. The minimum atomic E-state index is 0.0817. The highest BCUT2D eigenvalue weighted by Gasteiger charge is 2.20. The highest BCUT2D eigenvalue weighted by molar-refractivity contribution is 7.19. The number of anilines is 1. The van der Waals surface area contributed by atoms with Crippen molar-refractivity contribution in [2.75, 3.05) is 11.4 Å². The molecule has 1 amide bonds. The molecule has 0 aliphatic carbocycles. The van der Waals surface area contributed by atoms with Crippen molar-refractivity contribution in [3.05, 3.63) is 29.7 Å². The molecule has 2 heterocycles. The number of halogens is 1. The summed E-state index contributed by atoms with van der Waals surface area (Å²) in [5.74, 6) is 0.0817. The molecule has 0 aliphatic rings. The quantitative estimate of drug-likeness (QED) is 0.766. The highest BCUT2D eigenvalue weighted by Crippen LogP contribution is 2.37. The van der Waals surface area contributed by atoms with Gasteiger partial charge in [-0.3, -0.25) is 9.78 Å². The lowest BCUT2D eigenvalue weighted by Crippen LogP contribution is -2.29. The summed E-state index contributed by atoms with van der Waals surface area (Å²) < 4.78 is 0. The van der Waals surface area contributed by atoms with Crippen LogP contribution in [0.3, 0.4) is 0 Å². The van der Waals surface area contributed by atoms with Gasteiger partial charge < -0.3 is 4.90 Å². The van der Waals surface area contributed by atoms with E-state index in [9.17, 15) is 4.79 Å². The molecular formula is C16H22ClN3OS.